The van der Waals surface area contributed by atoms with E-state index in [4.69, 9.17) is 4.74 Å². The van der Waals surface area contributed by atoms with Crippen molar-refractivity contribution in [3.63, 3.8) is 0 Å². The first kappa shape index (κ1) is 21.2. The topological polar surface area (TPSA) is 87.7 Å². The minimum atomic E-state index is -0.605. The van der Waals surface area contributed by atoms with E-state index >= 15 is 0 Å². The number of piperidine rings is 1. The number of benzene rings is 1. The van der Waals surface area contributed by atoms with Gasteiger partial charge in [0.25, 0.3) is 5.91 Å². The molecule has 3 amide bonds. The molecule has 27 heavy (non-hydrogen) atoms. The summed E-state index contributed by atoms with van der Waals surface area (Å²) in [7, 11) is 0. The quantitative estimate of drug-likeness (QED) is 0.754. The summed E-state index contributed by atoms with van der Waals surface area (Å²) >= 11 is 3.38. The number of alkyl carbamates (subject to hydrolysis) is 1. The Hall–Kier alpha value is -2.09. The van der Waals surface area contributed by atoms with Crippen molar-refractivity contribution < 1.29 is 19.1 Å². The summed E-state index contributed by atoms with van der Waals surface area (Å²) in [6.45, 7) is 6.28. The molecule has 8 heteroatoms. The van der Waals surface area contributed by atoms with Crippen molar-refractivity contribution in [1.82, 2.24) is 15.5 Å². The number of nitrogens with one attached hydrogen (secondary N) is 2. The molecule has 148 valence electrons. The van der Waals surface area contributed by atoms with Crippen molar-refractivity contribution in [2.75, 3.05) is 19.6 Å². The molecular formula is C19H26BrN3O4. The second-order valence-corrected chi connectivity index (χ2v) is 8.32. The van der Waals surface area contributed by atoms with Crippen molar-refractivity contribution in [1.29, 1.82) is 0 Å². The maximum Gasteiger partial charge on any atom is 0.408 e. The standard InChI is InChI=1S/C19H26BrN3O4/c1-19(2,3)27-18(26)21-12-16(24)23-10-8-13(9-11-23)22-17(25)14-6-4-5-7-15(14)20/h4-7,13H,8-12H2,1-3H3,(H,21,26)(H,22,25). The van der Waals surface area contributed by atoms with Gasteiger partial charge < -0.3 is 20.3 Å². The number of carbonyl (C=O) groups excluding carboxylic acids is 3. The van der Waals surface area contributed by atoms with Crippen LogP contribution in [0.4, 0.5) is 4.79 Å². The molecule has 0 aromatic heterocycles. The monoisotopic (exact) mass is 439 g/mol. The maximum atomic E-state index is 12.4. The molecule has 0 unspecified atom stereocenters. The zero-order valence-electron chi connectivity index (χ0n) is 15.9. The maximum absolute atomic E-state index is 12.4. The van der Waals surface area contributed by atoms with Crippen LogP contribution in [0.5, 0.6) is 0 Å². The van der Waals surface area contributed by atoms with Crippen molar-refractivity contribution in [3.8, 4) is 0 Å². The van der Waals surface area contributed by atoms with Gasteiger partial charge in [-0.2, -0.15) is 0 Å². The van der Waals surface area contributed by atoms with Crippen LogP contribution in [0.3, 0.4) is 0 Å². The number of ether oxygens (including phenoxy) is 1. The Balaban J connectivity index is 1.75. The minimum Gasteiger partial charge on any atom is -0.444 e. The minimum absolute atomic E-state index is 0.0208. The lowest BCUT2D eigenvalue weighted by Crippen LogP contribution is -2.49. The van der Waals surface area contributed by atoms with Crippen molar-refractivity contribution >= 4 is 33.8 Å². The first-order chi connectivity index (χ1) is 12.7. The molecule has 1 heterocycles. The Morgan fingerprint density at radius 3 is 2.41 bits per heavy atom. The van der Waals surface area contributed by atoms with Gasteiger partial charge in [0.15, 0.2) is 0 Å². The van der Waals surface area contributed by atoms with Crippen LogP contribution >= 0.6 is 15.9 Å². The number of amides is 3. The molecule has 0 saturated carbocycles. The summed E-state index contributed by atoms with van der Waals surface area (Å²) in [5, 5.41) is 5.49. The third kappa shape index (κ3) is 6.86. The van der Waals surface area contributed by atoms with Crippen LogP contribution in [0.15, 0.2) is 28.7 Å². The van der Waals surface area contributed by atoms with Gasteiger partial charge in [-0.05, 0) is 61.7 Å². The fourth-order valence-electron chi connectivity index (χ4n) is 2.76. The van der Waals surface area contributed by atoms with Crippen molar-refractivity contribution in [3.05, 3.63) is 34.3 Å². The van der Waals surface area contributed by atoms with E-state index < -0.39 is 11.7 Å². The average Bonchev–Trinajstić information content (AvgIpc) is 2.59. The molecule has 1 aliphatic rings. The molecule has 1 fully saturated rings. The molecule has 2 rings (SSSR count). The summed E-state index contributed by atoms with van der Waals surface area (Å²) in [6.07, 6.45) is 0.745. The third-order valence-corrected chi connectivity index (χ3v) is 4.78. The Labute approximate surface area is 167 Å². The van der Waals surface area contributed by atoms with Crippen molar-refractivity contribution in [2.45, 2.75) is 45.3 Å². The number of carbonyl (C=O) groups is 3. The fourth-order valence-corrected chi connectivity index (χ4v) is 3.22. The summed E-state index contributed by atoms with van der Waals surface area (Å²) in [5.41, 5.74) is -0.00480. The van der Waals surface area contributed by atoms with Crippen LogP contribution in [-0.4, -0.2) is 54.1 Å². The van der Waals surface area contributed by atoms with Gasteiger partial charge in [-0.1, -0.05) is 12.1 Å². The Morgan fingerprint density at radius 1 is 1.19 bits per heavy atom. The SMILES string of the molecule is CC(C)(C)OC(=O)NCC(=O)N1CCC(NC(=O)c2ccccc2Br)CC1. The number of hydrogen-bond donors (Lipinski definition) is 2. The summed E-state index contributed by atoms with van der Waals surface area (Å²) in [5.74, 6) is -0.282. The molecule has 1 saturated heterocycles. The molecule has 0 spiro atoms. The molecule has 0 bridgehead atoms. The van der Waals surface area contributed by atoms with Gasteiger partial charge in [0.1, 0.15) is 12.1 Å². The van der Waals surface area contributed by atoms with Crippen LogP contribution in [0, 0.1) is 0 Å². The van der Waals surface area contributed by atoms with E-state index in [2.05, 4.69) is 26.6 Å². The predicted molar refractivity (Wildman–Crippen MR) is 105 cm³/mol. The first-order valence-electron chi connectivity index (χ1n) is 8.96. The van der Waals surface area contributed by atoms with Gasteiger partial charge in [0.05, 0.1) is 5.56 Å². The molecule has 0 atom stereocenters. The van der Waals surface area contributed by atoms with Gasteiger partial charge in [-0.3, -0.25) is 9.59 Å². The molecule has 1 aromatic carbocycles. The number of likely N-dealkylation sites (tertiary alicyclic amines) is 1. The van der Waals surface area contributed by atoms with Crippen LogP contribution in [0.25, 0.3) is 0 Å². The van der Waals surface area contributed by atoms with E-state index in [1.165, 1.54) is 0 Å². The Kier molecular flexibility index (Phi) is 7.24. The smallest absolute Gasteiger partial charge is 0.408 e. The lowest BCUT2D eigenvalue weighted by molar-refractivity contribution is -0.131. The van der Waals surface area contributed by atoms with Crippen molar-refractivity contribution in [2.24, 2.45) is 0 Å². The molecule has 0 radical (unpaired) electrons. The first-order valence-corrected chi connectivity index (χ1v) is 9.75. The van der Waals surface area contributed by atoms with Gasteiger partial charge in [0.2, 0.25) is 5.91 Å². The van der Waals surface area contributed by atoms with Gasteiger partial charge in [0, 0.05) is 23.6 Å². The van der Waals surface area contributed by atoms with E-state index in [0.29, 0.717) is 31.5 Å². The summed E-state index contributed by atoms with van der Waals surface area (Å²) in [4.78, 5) is 37.9. The highest BCUT2D eigenvalue weighted by Crippen LogP contribution is 2.17. The van der Waals surface area contributed by atoms with Crippen LogP contribution < -0.4 is 10.6 Å². The number of halogens is 1. The van der Waals surface area contributed by atoms with E-state index in [0.717, 1.165) is 4.47 Å². The lowest BCUT2D eigenvalue weighted by Gasteiger charge is -2.32. The Bertz CT molecular complexity index is 694. The van der Waals surface area contributed by atoms with E-state index in [9.17, 15) is 14.4 Å². The summed E-state index contributed by atoms with van der Waals surface area (Å²) in [6, 6.07) is 7.29. The molecule has 7 nitrogen and oxygen atoms in total. The van der Waals surface area contributed by atoms with Crippen LogP contribution in [0.1, 0.15) is 44.0 Å². The second-order valence-electron chi connectivity index (χ2n) is 7.46. The van der Waals surface area contributed by atoms with Crippen LogP contribution in [-0.2, 0) is 9.53 Å². The molecule has 0 aliphatic carbocycles. The Morgan fingerprint density at radius 2 is 1.81 bits per heavy atom. The number of nitrogens with zero attached hydrogens (tertiary/aromatic N) is 1. The fraction of sp³-hybridized carbons (Fsp3) is 0.526. The largest absolute Gasteiger partial charge is 0.444 e. The number of rotatable bonds is 4. The molecule has 1 aliphatic heterocycles. The summed E-state index contributed by atoms with van der Waals surface area (Å²) < 4.78 is 5.87. The second kappa shape index (κ2) is 9.21. The zero-order valence-corrected chi connectivity index (χ0v) is 17.5. The average molecular weight is 440 g/mol. The lowest BCUT2D eigenvalue weighted by atomic mass is 10.0. The predicted octanol–water partition coefficient (Wildman–Crippen LogP) is 2.69. The highest BCUT2D eigenvalue weighted by atomic mass is 79.9. The third-order valence-electron chi connectivity index (χ3n) is 4.08. The molecular weight excluding hydrogens is 414 g/mol. The number of hydrogen-bond acceptors (Lipinski definition) is 4. The van der Waals surface area contributed by atoms with E-state index in [1.807, 2.05) is 18.2 Å². The van der Waals surface area contributed by atoms with Gasteiger partial charge in [-0.25, -0.2) is 4.79 Å². The van der Waals surface area contributed by atoms with Gasteiger partial charge in [-0.15, -0.1) is 0 Å². The van der Waals surface area contributed by atoms with Crippen LogP contribution in [0.2, 0.25) is 0 Å². The zero-order chi connectivity index (χ0) is 20.0. The van der Waals surface area contributed by atoms with Gasteiger partial charge >= 0.3 is 6.09 Å². The van der Waals surface area contributed by atoms with E-state index in [-0.39, 0.29) is 24.4 Å². The van der Waals surface area contributed by atoms with E-state index in [1.54, 1.807) is 31.7 Å². The molecule has 1 aromatic rings. The highest BCUT2D eigenvalue weighted by molar-refractivity contribution is 9.10. The molecule has 2 N–H and O–H groups in total. The highest BCUT2D eigenvalue weighted by Gasteiger charge is 2.25. The normalized spacial score (nSPS) is 15.2.